The smallest absolute Gasteiger partial charge is 0.165 e. The number of rotatable bonds is 9. The molecule has 57 heavy (non-hydrogen) atoms. The largest absolute Gasteiger partial charge is 0.384 e. The molecule has 2 saturated heterocycles. The maximum atomic E-state index is 6.68. The molecule has 2 aliphatic heterocycles. The molecule has 2 atom stereocenters. The van der Waals surface area contributed by atoms with Crippen LogP contribution in [0.1, 0.15) is 60.3 Å². The van der Waals surface area contributed by atoms with Crippen LogP contribution in [0.5, 0.6) is 0 Å². The van der Waals surface area contributed by atoms with E-state index in [1.54, 1.807) is 21.4 Å². The van der Waals surface area contributed by atoms with E-state index in [4.69, 9.17) is 26.4 Å². The summed E-state index contributed by atoms with van der Waals surface area (Å²) in [5.74, 6) is 1.60. The van der Waals surface area contributed by atoms with Gasteiger partial charge < -0.3 is 21.7 Å². The van der Waals surface area contributed by atoms with Gasteiger partial charge in [-0.1, -0.05) is 6.07 Å². The molecule has 2 unspecified atom stereocenters. The molecule has 17 heteroatoms. The Balaban J connectivity index is 0.842. The van der Waals surface area contributed by atoms with Crippen LogP contribution in [0.4, 0.5) is 17.3 Å². The fourth-order valence-electron chi connectivity index (χ4n) is 8.14. The van der Waals surface area contributed by atoms with E-state index < -0.39 is 0 Å². The lowest BCUT2D eigenvalue weighted by Gasteiger charge is -2.34. The lowest BCUT2D eigenvalue weighted by molar-refractivity contribution is 0.455. The zero-order valence-corrected chi connectivity index (χ0v) is 32.7. The standard InChI is InChI=1S/C40H41BrN16/c41-36-37(52-40-33(19-50-57(40)38(36)43)28-16-47-54(22-28)23-29-7-1-2-11-45-29)26-6-4-12-53(20-26)31-9-8-30(46-17-31)24-55-21-27(15-48-55)32-18-49-56-35(42)13-34(51-39(32)56)25-5-3-10-44-14-25/h1-2,7-9,11,13,15-19,21-22,25-26,44H,3-6,10,12,14,20,23-24,42-43H2. The predicted molar refractivity (Wildman–Crippen MR) is 221 cm³/mol. The molecule has 0 aromatic carbocycles. The number of anilines is 3. The summed E-state index contributed by atoms with van der Waals surface area (Å²) in [6, 6.07) is 12.0. The van der Waals surface area contributed by atoms with E-state index in [-0.39, 0.29) is 5.92 Å². The fourth-order valence-corrected chi connectivity index (χ4v) is 8.72. The van der Waals surface area contributed by atoms with E-state index >= 15 is 0 Å². The summed E-state index contributed by atoms with van der Waals surface area (Å²) in [5.41, 5.74) is 23.0. The van der Waals surface area contributed by atoms with E-state index in [1.165, 1.54) is 0 Å². The van der Waals surface area contributed by atoms with Gasteiger partial charge in [-0.2, -0.15) is 29.4 Å². The minimum Gasteiger partial charge on any atom is -0.384 e. The van der Waals surface area contributed by atoms with E-state index in [9.17, 15) is 0 Å². The van der Waals surface area contributed by atoms with Gasteiger partial charge in [-0.3, -0.25) is 19.3 Å². The van der Waals surface area contributed by atoms with Crippen LogP contribution in [-0.2, 0) is 13.1 Å². The van der Waals surface area contributed by atoms with Crippen molar-refractivity contribution < 1.29 is 0 Å². The van der Waals surface area contributed by atoms with Crippen molar-refractivity contribution in [2.45, 2.75) is 50.6 Å². The normalized spacial score (nSPS) is 17.5. The molecule has 0 saturated carbocycles. The molecule has 0 aliphatic carbocycles. The van der Waals surface area contributed by atoms with Gasteiger partial charge in [0, 0.05) is 78.4 Å². The van der Waals surface area contributed by atoms with Crippen LogP contribution in [0.3, 0.4) is 0 Å². The topological polar surface area (TPSA) is 189 Å². The Hall–Kier alpha value is -6.20. The lowest BCUT2D eigenvalue weighted by atomic mass is 9.94. The first kappa shape index (κ1) is 35.2. The number of fused-ring (bicyclic) bond motifs is 2. The average molecular weight is 826 g/mol. The Kier molecular flexibility index (Phi) is 9.09. The van der Waals surface area contributed by atoms with Crippen molar-refractivity contribution in [1.29, 1.82) is 0 Å². The highest BCUT2D eigenvalue weighted by Gasteiger charge is 2.28. The molecule has 0 bridgehead atoms. The number of pyridine rings is 2. The lowest BCUT2D eigenvalue weighted by Crippen LogP contribution is -2.35. The monoisotopic (exact) mass is 824 g/mol. The Labute approximate surface area is 336 Å². The zero-order chi connectivity index (χ0) is 38.5. The van der Waals surface area contributed by atoms with Gasteiger partial charge in [-0.25, -0.2) is 9.97 Å². The number of hydrogen-bond acceptors (Lipinski definition) is 12. The Morgan fingerprint density at radius 1 is 0.754 bits per heavy atom. The fraction of sp³-hybridized carbons (Fsp3) is 0.300. The van der Waals surface area contributed by atoms with Gasteiger partial charge in [-0.05, 0) is 72.4 Å². The summed E-state index contributed by atoms with van der Waals surface area (Å²) in [4.78, 5) is 21.9. The molecular weight excluding hydrogens is 784 g/mol. The van der Waals surface area contributed by atoms with E-state index in [1.807, 2.05) is 70.8 Å². The third kappa shape index (κ3) is 6.75. The molecule has 8 aromatic heterocycles. The Morgan fingerprint density at radius 2 is 1.49 bits per heavy atom. The van der Waals surface area contributed by atoms with Gasteiger partial charge in [0.25, 0.3) is 0 Å². The van der Waals surface area contributed by atoms with E-state index in [0.717, 1.165) is 113 Å². The summed E-state index contributed by atoms with van der Waals surface area (Å²) in [7, 11) is 0. The minimum absolute atomic E-state index is 0.150. The van der Waals surface area contributed by atoms with Crippen molar-refractivity contribution >= 4 is 44.5 Å². The molecule has 10 heterocycles. The van der Waals surface area contributed by atoms with Gasteiger partial charge in [0.2, 0.25) is 0 Å². The second-order valence-corrected chi connectivity index (χ2v) is 15.7. The van der Waals surface area contributed by atoms with Gasteiger partial charge in [-0.15, -0.1) is 0 Å². The maximum Gasteiger partial charge on any atom is 0.165 e. The SMILES string of the molecule is Nc1cc(C2CCCNC2)nc2c(-c3cnn(Cc4ccc(N5CCCC(c6nc7c(-c8cnn(Cc9ccccn9)c8)cnn7c(N)c6Br)C5)cn4)c3)cnn12. The van der Waals surface area contributed by atoms with Crippen molar-refractivity contribution in [3.8, 4) is 22.3 Å². The molecule has 288 valence electrons. The number of aromatic nitrogens is 12. The molecule has 8 aromatic rings. The van der Waals surface area contributed by atoms with Crippen LogP contribution < -0.4 is 21.7 Å². The molecular formula is C40H41BrN16. The highest BCUT2D eigenvalue weighted by molar-refractivity contribution is 9.10. The van der Waals surface area contributed by atoms with Crippen LogP contribution in [0.15, 0.2) is 90.4 Å². The summed E-state index contributed by atoms with van der Waals surface area (Å²) in [6.07, 6.45) is 19.3. The summed E-state index contributed by atoms with van der Waals surface area (Å²) in [5, 5.41) is 21.9. The van der Waals surface area contributed by atoms with E-state index in [0.29, 0.717) is 36.3 Å². The number of nitrogens with zero attached hydrogens (tertiary/aromatic N) is 13. The number of hydrogen-bond donors (Lipinski definition) is 3. The van der Waals surface area contributed by atoms with Crippen LogP contribution in [0, 0.1) is 0 Å². The van der Waals surface area contributed by atoms with Gasteiger partial charge >= 0.3 is 0 Å². The predicted octanol–water partition coefficient (Wildman–Crippen LogP) is 5.16. The third-order valence-electron chi connectivity index (χ3n) is 11.1. The molecule has 5 N–H and O–H groups in total. The second-order valence-electron chi connectivity index (χ2n) is 14.9. The van der Waals surface area contributed by atoms with Crippen LogP contribution in [0.2, 0.25) is 0 Å². The van der Waals surface area contributed by atoms with Crippen LogP contribution in [0.25, 0.3) is 33.5 Å². The average Bonchev–Trinajstić information content (AvgIpc) is 4.07. The summed E-state index contributed by atoms with van der Waals surface area (Å²) < 4.78 is 7.95. The number of nitrogen functional groups attached to an aromatic ring is 2. The first-order valence-electron chi connectivity index (χ1n) is 19.3. The minimum atomic E-state index is 0.150. The third-order valence-corrected chi connectivity index (χ3v) is 11.9. The maximum absolute atomic E-state index is 6.68. The van der Waals surface area contributed by atoms with Crippen molar-refractivity contribution in [1.82, 2.24) is 64.0 Å². The van der Waals surface area contributed by atoms with Crippen LogP contribution in [-0.4, -0.2) is 84.9 Å². The molecule has 0 amide bonds. The number of halogens is 1. The highest BCUT2D eigenvalue weighted by atomic mass is 79.9. The van der Waals surface area contributed by atoms with Crippen LogP contribution >= 0.6 is 15.9 Å². The summed E-state index contributed by atoms with van der Waals surface area (Å²) >= 11 is 3.78. The van der Waals surface area contributed by atoms with Gasteiger partial charge in [0.15, 0.2) is 11.3 Å². The molecule has 0 radical (unpaired) electrons. The molecule has 2 aliphatic rings. The molecule has 10 rings (SSSR count). The Bertz CT molecular complexity index is 2690. The van der Waals surface area contributed by atoms with E-state index in [2.05, 4.69) is 63.7 Å². The van der Waals surface area contributed by atoms with Crippen molar-refractivity contribution in [2.24, 2.45) is 0 Å². The zero-order valence-electron chi connectivity index (χ0n) is 31.2. The molecule has 0 spiro atoms. The summed E-state index contributed by atoms with van der Waals surface area (Å²) in [6.45, 7) is 4.77. The Morgan fingerprint density at radius 3 is 2.19 bits per heavy atom. The molecule has 16 nitrogen and oxygen atoms in total. The molecule has 2 fully saturated rings. The first-order valence-corrected chi connectivity index (χ1v) is 20.1. The number of piperidine rings is 2. The van der Waals surface area contributed by atoms with Crippen molar-refractivity contribution in [2.75, 3.05) is 42.5 Å². The van der Waals surface area contributed by atoms with Gasteiger partial charge in [0.05, 0.1) is 77.0 Å². The number of nitrogens with one attached hydrogen (secondary N) is 1. The van der Waals surface area contributed by atoms with Crippen molar-refractivity contribution in [3.05, 3.63) is 113 Å². The highest BCUT2D eigenvalue weighted by Crippen LogP contribution is 2.37. The van der Waals surface area contributed by atoms with Gasteiger partial charge in [0.1, 0.15) is 11.6 Å². The second kappa shape index (κ2) is 14.7. The van der Waals surface area contributed by atoms with Crippen molar-refractivity contribution in [3.63, 3.8) is 0 Å². The number of nitrogens with two attached hydrogens (primary N) is 2. The quantitative estimate of drug-likeness (QED) is 0.174. The first-order chi connectivity index (χ1) is 27.9.